The van der Waals surface area contributed by atoms with Crippen LogP contribution in [0.15, 0.2) is 48.0 Å². The zero-order valence-corrected chi connectivity index (χ0v) is 21.0. The number of hydrogen-bond donors (Lipinski definition) is 2. The molecular weight excluding hydrogens is 521 g/mol. The van der Waals surface area contributed by atoms with Crippen LogP contribution in [-0.4, -0.2) is 61.4 Å². The van der Waals surface area contributed by atoms with Crippen molar-refractivity contribution < 1.29 is 29.1 Å². The van der Waals surface area contributed by atoms with Crippen LogP contribution in [0.1, 0.15) is 24.3 Å². The molecule has 2 aromatic carbocycles. The Balaban J connectivity index is 1.63. The van der Waals surface area contributed by atoms with Gasteiger partial charge in [-0.05, 0) is 35.8 Å². The first-order valence-electron chi connectivity index (χ1n) is 11.7. The number of hydrogen-bond acceptors (Lipinski definition) is 6. The highest BCUT2D eigenvalue weighted by Crippen LogP contribution is 2.65. The van der Waals surface area contributed by atoms with Crippen molar-refractivity contribution >= 4 is 63.6 Å². The van der Waals surface area contributed by atoms with E-state index in [1.54, 1.807) is 36.4 Å². The smallest absolute Gasteiger partial charge is 0.328 e. The minimum absolute atomic E-state index is 0.0183. The van der Waals surface area contributed by atoms with Gasteiger partial charge in [-0.1, -0.05) is 42.0 Å². The van der Waals surface area contributed by atoms with Gasteiger partial charge in [-0.3, -0.25) is 24.1 Å². The lowest BCUT2D eigenvalue weighted by Gasteiger charge is -2.51. The van der Waals surface area contributed by atoms with Crippen LogP contribution in [0.25, 0.3) is 10.8 Å². The molecular formula is C26H21Cl2N3O6. The Bertz CT molecular complexity index is 1510. The van der Waals surface area contributed by atoms with E-state index in [0.29, 0.717) is 26.8 Å². The first kappa shape index (κ1) is 23.9. The van der Waals surface area contributed by atoms with Crippen LogP contribution in [0.3, 0.4) is 0 Å². The van der Waals surface area contributed by atoms with Gasteiger partial charge < -0.3 is 10.8 Å². The molecule has 0 aromatic heterocycles. The summed E-state index contributed by atoms with van der Waals surface area (Å²) in [7, 11) is 1.31. The molecule has 6 atom stereocenters. The van der Waals surface area contributed by atoms with Crippen LogP contribution in [0.2, 0.25) is 0 Å². The van der Waals surface area contributed by atoms with Crippen molar-refractivity contribution in [3.05, 3.63) is 53.6 Å². The number of nitrogens with zero attached hydrogens (tertiary/aromatic N) is 2. The number of benzene rings is 2. The molecule has 37 heavy (non-hydrogen) atoms. The molecule has 190 valence electrons. The number of alkyl halides is 2. The highest BCUT2D eigenvalue weighted by molar-refractivity contribution is 6.53. The van der Waals surface area contributed by atoms with Gasteiger partial charge in [0.25, 0.3) is 11.8 Å². The second-order valence-electron chi connectivity index (χ2n) is 10.1. The van der Waals surface area contributed by atoms with E-state index in [1.165, 1.54) is 13.1 Å². The molecule has 2 aliphatic carbocycles. The standard InChI is InChI=1S/C26H21Cl2N3O6/c1-30-22(35)25(27)10-16-14(6-7-15-18(16)21(34)31(20(15)33)24(29)37)19(26(25,28)23(30)36)13-8-9-17(32)12-5-3-2-4-11(12)13/h2-6,8-9,15-16,18-19,32H,7,10H2,1H3,(H2,29,37)/t15-,16+,18-,19-,25+,26-/m0/s1. The number of phenols is 1. The number of fused-ring (bicyclic) bond motifs is 5. The summed E-state index contributed by atoms with van der Waals surface area (Å²) in [6.07, 6.45) is 1.71. The Morgan fingerprint density at radius 2 is 1.68 bits per heavy atom. The van der Waals surface area contributed by atoms with Gasteiger partial charge in [0.1, 0.15) is 5.75 Å². The SMILES string of the molecule is CN1C(=O)[C@]2(Cl)C[C@@H]3C(=CC[C@@H]4C(=O)N(C(N)=O)C(=O)[C@@H]43)[C@H](c3ccc(O)c4ccccc34)[C@]2(Cl)C1=O. The van der Waals surface area contributed by atoms with Crippen LogP contribution in [0, 0.1) is 17.8 Å². The molecule has 0 spiro atoms. The molecule has 0 bridgehead atoms. The molecule has 6 amide bonds. The van der Waals surface area contributed by atoms with Crippen molar-refractivity contribution in [3.63, 3.8) is 0 Å². The summed E-state index contributed by atoms with van der Waals surface area (Å²) in [4.78, 5) is 62.8. The predicted octanol–water partition coefficient (Wildman–Crippen LogP) is 2.61. The van der Waals surface area contributed by atoms with Gasteiger partial charge in [-0.2, -0.15) is 4.90 Å². The van der Waals surface area contributed by atoms with E-state index in [2.05, 4.69) is 0 Å². The monoisotopic (exact) mass is 541 g/mol. The Labute approximate surface area is 220 Å². The summed E-state index contributed by atoms with van der Waals surface area (Å²) in [6.45, 7) is 0. The number of aromatic hydroxyl groups is 1. The van der Waals surface area contributed by atoms with Crippen molar-refractivity contribution in [2.45, 2.75) is 28.5 Å². The van der Waals surface area contributed by atoms with Crippen LogP contribution >= 0.6 is 23.2 Å². The van der Waals surface area contributed by atoms with Crippen LogP contribution in [-0.2, 0) is 19.2 Å². The number of urea groups is 1. The molecule has 9 nitrogen and oxygen atoms in total. The summed E-state index contributed by atoms with van der Waals surface area (Å²) in [6, 6.07) is 8.94. The minimum atomic E-state index is -1.94. The summed E-state index contributed by atoms with van der Waals surface area (Å²) >= 11 is 14.3. The molecule has 1 saturated carbocycles. The summed E-state index contributed by atoms with van der Waals surface area (Å²) in [5.74, 6) is -6.37. The van der Waals surface area contributed by atoms with Crippen LogP contribution in [0.4, 0.5) is 4.79 Å². The van der Waals surface area contributed by atoms with Gasteiger partial charge in [0.2, 0.25) is 11.8 Å². The van der Waals surface area contributed by atoms with E-state index in [9.17, 15) is 29.1 Å². The van der Waals surface area contributed by atoms with Crippen LogP contribution in [0.5, 0.6) is 5.75 Å². The van der Waals surface area contributed by atoms with E-state index in [-0.39, 0.29) is 18.6 Å². The Kier molecular flexibility index (Phi) is 4.88. The minimum Gasteiger partial charge on any atom is -0.507 e. The number of allylic oxidation sites excluding steroid dienone is 2. The molecule has 2 saturated heterocycles. The molecule has 3 N–H and O–H groups in total. The van der Waals surface area contributed by atoms with Crippen molar-refractivity contribution in [2.75, 3.05) is 7.05 Å². The normalized spacial score (nSPS) is 34.9. The van der Waals surface area contributed by atoms with E-state index in [0.717, 1.165) is 4.90 Å². The van der Waals surface area contributed by atoms with E-state index < -0.39 is 63.1 Å². The summed E-state index contributed by atoms with van der Waals surface area (Å²) in [5, 5.41) is 11.6. The van der Waals surface area contributed by atoms with Crippen molar-refractivity contribution in [1.82, 2.24) is 9.80 Å². The number of amides is 6. The van der Waals surface area contributed by atoms with Gasteiger partial charge in [0, 0.05) is 18.4 Å². The van der Waals surface area contributed by atoms with Gasteiger partial charge in [-0.25, -0.2) is 4.79 Å². The van der Waals surface area contributed by atoms with Gasteiger partial charge in [-0.15, -0.1) is 23.2 Å². The number of halogens is 2. The quantitative estimate of drug-likeness (QED) is 0.323. The topological polar surface area (TPSA) is 138 Å². The largest absolute Gasteiger partial charge is 0.507 e. The maximum absolute atomic E-state index is 13.6. The number of imide groups is 4. The third-order valence-electron chi connectivity index (χ3n) is 8.48. The number of carbonyl (C=O) groups is 5. The van der Waals surface area contributed by atoms with Gasteiger partial charge >= 0.3 is 6.03 Å². The number of phenolic OH excluding ortho intramolecular Hbond substituents is 1. The third-order valence-corrected chi connectivity index (χ3v) is 9.89. The van der Waals surface area contributed by atoms with E-state index >= 15 is 0 Å². The fourth-order valence-electron chi connectivity index (χ4n) is 6.86. The number of carbonyl (C=O) groups excluding carboxylic acids is 5. The van der Waals surface area contributed by atoms with Crippen molar-refractivity contribution in [2.24, 2.45) is 23.5 Å². The molecule has 0 radical (unpaired) electrons. The van der Waals surface area contributed by atoms with Crippen molar-refractivity contribution in [3.8, 4) is 5.75 Å². The average Bonchev–Trinajstić information content (AvgIpc) is 3.20. The summed E-state index contributed by atoms with van der Waals surface area (Å²) in [5.41, 5.74) is 6.47. The maximum atomic E-state index is 13.6. The maximum Gasteiger partial charge on any atom is 0.328 e. The number of primary amides is 1. The number of rotatable bonds is 1. The average molecular weight is 542 g/mol. The summed E-state index contributed by atoms with van der Waals surface area (Å²) < 4.78 is 0. The molecule has 6 rings (SSSR count). The zero-order valence-electron chi connectivity index (χ0n) is 19.5. The highest BCUT2D eigenvalue weighted by atomic mass is 35.5. The Hall–Kier alpha value is -3.43. The van der Waals surface area contributed by atoms with Crippen LogP contribution < -0.4 is 5.73 Å². The fraction of sp³-hybridized carbons (Fsp3) is 0.346. The second kappa shape index (κ2) is 7.55. The second-order valence-corrected chi connectivity index (χ2v) is 11.3. The van der Waals surface area contributed by atoms with Crippen molar-refractivity contribution in [1.29, 1.82) is 0 Å². The lowest BCUT2D eigenvalue weighted by Crippen LogP contribution is -2.60. The molecule has 2 heterocycles. The number of likely N-dealkylation sites (tertiary alicyclic amines) is 2. The molecule has 4 aliphatic rings. The lowest BCUT2D eigenvalue weighted by molar-refractivity contribution is -0.139. The number of nitrogens with two attached hydrogens (primary N) is 1. The fourth-order valence-corrected chi connectivity index (χ4v) is 7.88. The lowest BCUT2D eigenvalue weighted by atomic mass is 9.56. The molecule has 2 aromatic rings. The zero-order chi connectivity index (χ0) is 26.6. The Morgan fingerprint density at radius 3 is 2.35 bits per heavy atom. The van der Waals surface area contributed by atoms with Gasteiger partial charge in [0.05, 0.1) is 11.8 Å². The first-order valence-corrected chi connectivity index (χ1v) is 12.5. The van der Waals surface area contributed by atoms with E-state index in [1.807, 2.05) is 0 Å². The van der Waals surface area contributed by atoms with E-state index in [4.69, 9.17) is 28.9 Å². The molecule has 3 fully saturated rings. The predicted molar refractivity (Wildman–Crippen MR) is 133 cm³/mol. The third kappa shape index (κ3) is 2.73. The molecule has 2 aliphatic heterocycles. The molecule has 11 heteroatoms. The molecule has 0 unspecified atom stereocenters. The highest BCUT2D eigenvalue weighted by Gasteiger charge is 2.76. The first-order chi connectivity index (χ1) is 17.4. The Morgan fingerprint density at radius 1 is 1.00 bits per heavy atom. The van der Waals surface area contributed by atoms with Gasteiger partial charge in [0.15, 0.2) is 9.75 Å².